The van der Waals surface area contributed by atoms with Gasteiger partial charge in [-0.25, -0.2) is 0 Å². The van der Waals surface area contributed by atoms with Crippen molar-refractivity contribution in [3.8, 4) is 17.3 Å². The summed E-state index contributed by atoms with van der Waals surface area (Å²) in [5, 5.41) is 13.6. The Balaban J connectivity index is 1.53. The summed E-state index contributed by atoms with van der Waals surface area (Å²) in [6.45, 7) is 4.08. The summed E-state index contributed by atoms with van der Waals surface area (Å²) in [7, 11) is 1.54. The van der Waals surface area contributed by atoms with Crippen LogP contribution in [0.25, 0.3) is 22.6 Å². The smallest absolute Gasteiger partial charge is 0.234 e. The third-order valence-electron chi connectivity index (χ3n) is 4.59. The van der Waals surface area contributed by atoms with Crippen molar-refractivity contribution in [2.75, 3.05) is 18.2 Å². The van der Waals surface area contributed by atoms with E-state index in [1.54, 1.807) is 25.3 Å². The quantitative estimate of drug-likeness (QED) is 0.361. The maximum atomic E-state index is 12.5. The third-order valence-corrected chi connectivity index (χ3v) is 5.77. The van der Waals surface area contributed by atoms with Gasteiger partial charge in [0.1, 0.15) is 11.3 Å². The van der Waals surface area contributed by atoms with Gasteiger partial charge in [-0.3, -0.25) is 9.36 Å². The molecular formula is C22H21ClN4O3S. The molecule has 0 unspecified atom stereocenters. The van der Waals surface area contributed by atoms with Crippen molar-refractivity contribution >= 4 is 45.9 Å². The van der Waals surface area contributed by atoms with E-state index in [4.69, 9.17) is 20.8 Å². The first-order valence-electron chi connectivity index (χ1n) is 9.66. The van der Waals surface area contributed by atoms with Crippen LogP contribution in [0, 0.1) is 0 Å². The van der Waals surface area contributed by atoms with Crippen molar-refractivity contribution in [2.24, 2.45) is 0 Å². The number of hydrogen-bond donors (Lipinski definition) is 1. The van der Waals surface area contributed by atoms with Gasteiger partial charge in [0.25, 0.3) is 0 Å². The molecule has 0 saturated carbocycles. The summed E-state index contributed by atoms with van der Waals surface area (Å²) in [4.78, 5) is 12.5. The lowest BCUT2D eigenvalue weighted by atomic mass is 10.2. The molecule has 0 aliphatic heterocycles. The maximum Gasteiger partial charge on any atom is 0.234 e. The Morgan fingerprint density at radius 3 is 2.77 bits per heavy atom. The molecule has 2 heterocycles. The normalized spacial score (nSPS) is 11.3. The van der Waals surface area contributed by atoms with Crippen LogP contribution in [-0.2, 0) is 4.79 Å². The van der Waals surface area contributed by atoms with E-state index >= 15 is 0 Å². The molecule has 1 N–H and O–H groups in total. The Bertz CT molecular complexity index is 1200. The average molecular weight is 457 g/mol. The highest BCUT2D eigenvalue weighted by atomic mass is 35.5. The Hall–Kier alpha value is -2.97. The highest BCUT2D eigenvalue weighted by Gasteiger charge is 2.21. The number of ether oxygens (including phenoxy) is 1. The van der Waals surface area contributed by atoms with Crippen molar-refractivity contribution < 1.29 is 13.9 Å². The van der Waals surface area contributed by atoms with Gasteiger partial charge in [0.2, 0.25) is 11.7 Å². The number of amides is 1. The summed E-state index contributed by atoms with van der Waals surface area (Å²) in [5.41, 5.74) is 1.31. The molecule has 0 saturated heterocycles. The first-order valence-corrected chi connectivity index (χ1v) is 11.0. The lowest BCUT2D eigenvalue weighted by Gasteiger charge is -2.13. The SMILES string of the molecule is COc1ccc(Cl)cc1NC(=O)CSc1nnc(-c2cc3ccccc3o2)n1C(C)C. The van der Waals surface area contributed by atoms with Crippen molar-refractivity contribution in [1.29, 1.82) is 0 Å². The molecule has 2 aromatic carbocycles. The molecule has 160 valence electrons. The van der Waals surface area contributed by atoms with E-state index in [0.29, 0.717) is 33.2 Å². The van der Waals surface area contributed by atoms with Crippen LogP contribution in [-0.4, -0.2) is 33.5 Å². The molecule has 0 radical (unpaired) electrons. The molecule has 0 bridgehead atoms. The van der Waals surface area contributed by atoms with Gasteiger partial charge in [0.05, 0.1) is 18.6 Å². The van der Waals surface area contributed by atoms with Crippen LogP contribution in [0.2, 0.25) is 5.02 Å². The monoisotopic (exact) mass is 456 g/mol. The highest BCUT2D eigenvalue weighted by molar-refractivity contribution is 7.99. The van der Waals surface area contributed by atoms with E-state index in [-0.39, 0.29) is 17.7 Å². The minimum Gasteiger partial charge on any atom is -0.495 e. The lowest BCUT2D eigenvalue weighted by Crippen LogP contribution is -2.15. The third kappa shape index (κ3) is 4.55. The molecule has 9 heteroatoms. The minimum atomic E-state index is -0.200. The summed E-state index contributed by atoms with van der Waals surface area (Å²) >= 11 is 7.34. The Morgan fingerprint density at radius 1 is 1.23 bits per heavy atom. The minimum absolute atomic E-state index is 0.0804. The number of furan rings is 1. The number of anilines is 1. The van der Waals surface area contributed by atoms with E-state index in [1.165, 1.54) is 11.8 Å². The van der Waals surface area contributed by atoms with Crippen LogP contribution in [0.4, 0.5) is 5.69 Å². The van der Waals surface area contributed by atoms with Gasteiger partial charge in [-0.15, -0.1) is 10.2 Å². The molecule has 1 amide bonds. The number of rotatable bonds is 7. The largest absolute Gasteiger partial charge is 0.495 e. The summed E-state index contributed by atoms with van der Waals surface area (Å²) in [6.07, 6.45) is 0. The zero-order valence-electron chi connectivity index (χ0n) is 17.3. The predicted molar refractivity (Wildman–Crippen MR) is 123 cm³/mol. The van der Waals surface area contributed by atoms with Crippen molar-refractivity contribution in [3.05, 3.63) is 53.6 Å². The maximum absolute atomic E-state index is 12.5. The van der Waals surface area contributed by atoms with Gasteiger partial charge in [-0.2, -0.15) is 0 Å². The lowest BCUT2D eigenvalue weighted by molar-refractivity contribution is -0.113. The molecule has 0 atom stereocenters. The number of hydrogen-bond acceptors (Lipinski definition) is 6. The standard InChI is InChI=1S/C22H21ClN4O3S/c1-13(2)27-21(19-10-14-6-4-5-7-17(14)30-19)25-26-22(27)31-12-20(28)24-16-11-15(23)8-9-18(16)29-3/h4-11,13H,12H2,1-3H3,(H,24,28). The van der Waals surface area contributed by atoms with Crippen LogP contribution in [0.5, 0.6) is 5.75 Å². The first kappa shape index (κ1) is 21.3. The van der Waals surface area contributed by atoms with Gasteiger partial charge >= 0.3 is 0 Å². The number of thioether (sulfide) groups is 1. The molecule has 0 aliphatic rings. The summed E-state index contributed by atoms with van der Waals surface area (Å²) in [6, 6.07) is 14.9. The fourth-order valence-corrected chi connectivity index (χ4v) is 4.23. The molecular weight excluding hydrogens is 436 g/mol. The number of para-hydroxylation sites is 1. The van der Waals surface area contributed by atoms with E-state index in [1.807, 2.05) is 48.7 Å². The number of nitrogens with zero attached hydrogens (tertiary/aromatic N) is 3. The Morgan fingerprint density at radius 2 is 2.03 bits per heavy atom. The molecule has 31 heavy (non-hydrogen) atoms. The van der Waals surface area contributed by atoms with Crippen LogP contribution < -0.4 is 10.1 Å². The molecule has 0 spiro atoms. The van der Waals surface area contributed by atoms with Crippen molar-refractivity contribution in [1.82, 2.24) is 14.8 Å². The second-order valence-electron chi connectivity index (χ2n) is 7.10. The van der Waals surface area contributed by atoms with Gasteiger partial charge in [-0.1, -0.05) is 41.6 Å². The van der Waals surface area contributed by atoms with Gasteiger partial charge in [0.15, 0.2) is 10.9 Å². The average Bonchev–Trinajstić information content (AvgIpc) is 3.36. The van der Waals surface area contributed by atoms with Crippen LogP contribution in [0.1, 0.15) is 19.9 Å². The number of carbonyl (C=O) groups is 1. The molecule has 4 aromatic rings. The van der Waals surface area contributed by atoms with Crippen LogP contribution in [0.15, 0.2) is 58.1 Å². The number of methoxy groups -OCH3 is 1. The van der Waals surface area contributed by atoms with Crippen molar-refractivity contribution in [3.63, 3.8) is 0 Å². The Labute approximate surface area is 188 Å². The van der Waals surface area contributed by atoms with Crippen LogP contribution >= 0.6 is 23.4 Å². The number of fused-ring (bicyclic) bond motifs is 1. The predicted octanol–water partition coefficient (Wildman–Crippen LogP) is 5.67. The second kappa shape index (κ2) is 9.03. The Kier molecular flexibility index (Phi) is 6.20. The summed E-state index contributed by atoms with van der Waals surface area (Å²) < 4.78 is 13.2. The molecule has 4 rings (SSSR count). The topological polar surface area (TPSA) is 82.2 Å². The number of carbonyl (C=O) groups excluding carboxylic acids is 1. The van der Waals surface area contributed by atoms with Gasteiger partial charge < -0.3 is 14.5 Å². The van der Waals surface area contributed by atoms with E-state index in [2.05, 4.69) is 15.5 Å². The fraction of sp³-hybridized carbons (Fsp3) is 0.227. The molecule has 0 aliphatic carbocycles. The van der Waals surface area contributed by atoms with E-state index in [9.17, 15) is 4.79 Å². The number of halogens is 1. The summed E-state index contributed by atoms with van der Waals surface area (Å²) in [5.74, 6) is 1.77. The zero-order chi connectivity index (χ0) is 22.0. The molecule has 7 nitrogen and oxygen atoms in total. The van der Waals surface area contributed by atoms with Gasteiger partial charge in [-0.05, 0) is 44.2 Å². The zero-order valence-corrected chi connectivity index (χ0v) is 18.8. The van der Waals surface area contributed by atoms with E-state index in [0.717, 1.165) is 11.0 Å². The highest BCUT2D eigenvalue weighted by Crippen LogP contribution is 2.32. The van der Waals surface area contributed by atoms with Crippen molar-refractivity contribution in [2.45, 2.75) is 25.0 Å². The fourth-order valence-electron chi connectivity index (χ4n) is 3.20. The number of nitrogens with one attached hydrogen (secondary N) is 1. The van der Waals surface area contributed by atoms with Crippen LogP contribution in [0.3, 0.4) is 0 Å². The van der Waals surface area contributed by atoms with E-state index < -0.39 is 0 Å². The first-order chi connectivity index (χ1) is 15.0. The number of benzene rings is 2. The molecule has 0 fully saturated rings. The molecule has 2 aromatic heterocycles. The second-order valence-corrected chi connectivity index (χ2v) is 8.48. The number of aromatic nitrogens is 3. The van der Waals surface area contributed by atoms with Gasteiger partial charge in [0, 0.05) is 16.5 Å².